The van der Waals surface area contributed by atoms with Crippen molar-refractivity contribution in [1.82, 2.24) is 0 Å². The van der Waals surface area contributed by atoms with Gasteiger partial charge >= 0.3 is 5.97 Å². The molecule has 0 aromatic heterocycles. The molecule has 0 aromatic rings. The van der Waals surface area contributed by atoms with Gasteiger partial charge in [-0.1, -0.05) is 0 Å². The fourth-order valence-corrected chi connectivity index (χ4v) is 1.52. The fourth-order valence-electron chi connectivity index (χ4n) is 1.52. The van der Waals surface area contributed by atoms with Gasteiger partial charge in [0.15, 0.2) is 6.10 Å². The van der Waals surface area contributed by atoms with Crippen LogP contribution in [-0.4, -0.2) is 58.9 Å². The molecule has 0 radical (unpaired) electrons. The molecule has 5 atom stereocenters. The number of carbonyl (C=O) groups is 1. The van der Waals surface area contributed by atoms with Crippen LogP contribution in [0, 0.1) is 0 Å². The van der Waals surface area contributed by atoms with Crippen molar-refractivity contribution in [2.45, 2.75) is 37.4 Å². The van der Waals surface area contributed by atoms with E-state index in [0.717, 1.165) is 0 Å². The molecular weight excluding hydrogens is 192 g/mol. The van der Waals surface area contributed by atoms with Gasteiger partial charge in [0.1, 0.15) is 18.3 Å². The molecule has 82 valence electrons. The second kappa shape index (κ2) is 4.22. The van der Waals surface area contributed by atoms with Crippen LogP contribution < -0.4 is 0 Å². The molecule has 1 fully saturated rings. The van der Waals surface area contributed by atoms with Crippen LogP contribution in [0.1, 0.15) is 6.92 Å². The zero-order valence-corrected chi connectivity index (χ0v) is 7.95. The van der Waals surface area contributed by atoms with Crippen molar-refractivity contribution in [3.63, 3.8) is 0 Å². The number of aliphatic carboxylic acids is 1. The molecule has 1 saturated heterocycles. The van der Waals surface area contributed by atoms with Crippen LogP contribution in [0.5, 0.6) is 0 Å². The highest BCUT2D eigenvalue weighted by molar-refractivity contribution is 5.73. The summed E-state index contributed by atoms with van der Waals surface area (Å²) in [5.41, 5.74) is 0. The maximum Gasteiger partial charge on any atom is 0.335 e. The predicted octanol–water partition coefficient (Wildman–Crippen LogP) is -1.40. The standard InChI is InChI=1S/C8H14O6/c1-3-4(9)6(13-2)5(10)7(14-3)8(11)12/h3-7,9-10H,1-2H3,(H,11,12)/t3?,4?,5-,6?,7?/m1/s1. The minimum atomic E-state index is -1.36. The molecule has 1 aliphatic rings. The Kier molecular flexibility index (Phi) is 3.43. The Labute approximate surface area is 81.1 Å². The number of rotatable bonds is 2. The first kappa shape index (κ1) is 11.4. The fraction of sp³-hybridized carbons (Fsp3) is 0.875. The van der Waals surface area contributed by atoms with Gasteiger partial charge in [-0.2, -0.15) is 0 Å². The number of hydrogen-bond acceptors (Lipinski definition) is 5. The first-order valence-electron chi connectivity index (χ1n) is 4.26. The van der Waals surface area contributed by atoms with Crippen LogP contribution in [0.3, 0.4) is 0 Å². The molecule has 0 amide bonds. The Balaban J connectivity index is 2.80. The molecule has 1 aliphatic heterocycles. The lowest BCUT2D eigenvalue weighted by Crippen LogP contribution is -2.59. The van der Waals surface area contributed by atoms with Crippen LogP contribution in [0.15, 0.2) is 0 Å². The van der Waals surface area contributed by atoms with E-state index in [9.17, 15) is 15.0 Å². The van der Waals surface area contributed by atoms with E-state index in [0.29, 0.717) is 0 Å². The monoisotopic (exact) mass is 206 g/mol. The molecule has 6 heteroatoms. The topological polar surface area (TPSA) is 96.2 Å². The van der Waals surface area contributed by atoms with Gasteiger partial charge in [-0.15, -0.1) is 0 Å². The second-order valence-corrected chi connectivity index (χ2v) is 3.28. The Morgan fingerprint density at radius 2 is 1.93 bits per heavy atom. The van der Waals surface area contributed by atoms with Gasteiger partial charge < -0.3 is 24.8 Å². The number of aliphatic hydroxyl groups is 2. The average molecular weight is 206 g/mol. The summed E-state index contributed by atoms with van der Waals surface area (Å²) in [7, 11) is 1.30. The third-order valence-electron chi connectivity index (χ3n) is 2.34. The molecule has 6 nitrogen and oxygen atoms in total. The smallest absolute Gasteiger partial charge is 0.335 e. The minimum Gasteiger partial charge on any atom is -0.479 e. The van der Waals surface area contributed by atoms with Crippen LogP contribution in [0.25, 0.3) is 0 Å². The van der Waals surface area contributed by atoms with E-state index in [2.05, 4.69) is 0 Å². The number of ether oxygens (including phenoxy) is 2. The van der Waals surface area contributed by atoms with Crippen LogP contribution >= 0.6 is 0 Å². The molecule has 0 bridgehead atoms. The van der Waals surface area contributed by atoms with E-state index in [1.165, 1.54) is 14.0 Å². The van der Waals surface area contributed by atoms with E-state index >= 15 is 0 Å². The number of hydrogen-bond donors (Lipinski definition) is 3. The van der Waals surface area contributed by atoms with E-state index < -0.39 is 36.5 Å². The predicted molar refractivity (Wildman–Crippen MR) is 44.8 cm³/mol. The van der Waals surface area contributed by atoms with Gasteiger partial charge in [0.05, 0.1) is 6.10 Å². The van der Waals surface area contributed by atoms with Crippen molar-refractivity contribution >= 4 is 5.97 Å². The second-order valence-electron chi connectivity index (χ2n) is 3.28. The van der Waals surface area contributed by atoms with Crippen molar-refractivity contribution in [2.24, 2.45) is 0 Å². The molecule has 4 unspecified atom stereocenters. The lowest BCUT2D eigenvalue weighted by atomic mass is 9.95. The summed E-state index contributed by atoms with van der Waals surface area (Å²) in [5, 5.41) is 27.7. The minimum absolute atomic E-state index is 0.676. The third-order valence-corrected chi connectivity index (χ3v) is 2.34. The average Bonchev–Trinajstić information content (AvgIpc) is 2.12. The number of aliphatic hydroxyl groups excluding tert-OH is 2. The van der Waals surface area contributed by atoms with Crippen molar-refractivity contribution in [2.75, 3.05) is 7.11 Å². The third kappa shape index (κ3) is 1.88. The zero-order valence-electron chi connectivity index (χ0n) is 7.95. The molecule has 0 aromatic carbocycles. The molecule has 0 saturated carbocycles. The SMILES string of the molecule is COC1C(O)C(C)OC(C(=O)O)[C@@H]1O. The van der Waals surface area contributed by atoms with E-state index in [4.69, 9.17) is 14.6 Å². The Morgan fingerprint density at radius 1 is 1.36 bits per heavy atom. The zero-order chi connectivity index (χ0) is 10.9. The Morgan fingerprint density at radius 3 is 2.36 bits per heavy atom. The Bertz CT molecular complexity index is 218. The lowest BCUT2D eigenvalue weighted by Gasteiger charge is -2.39. The summed E-state index contributed by atoms with van der Waals surface area (Å²) in [6.07, 6.45) is -5.34. The van der Waals surface area contributed by atoms with E-state index in [-0.39, 0.29) is 0 Å². The number of carboxylic acids is 1. The van der Waals surface area contributed by atoms with Gasteiger partial charge in [-0.3, -0.25) is 0 Å². The summed E-state index contributed by atoms with van der Waals surface area (Å²) >= 11 is 0. The highest BCUT2D eigenvalue weighted by Crippen LogP contribution is 2.22. The van der Waals surface area contributed by atoms with Crippen molar-refractivity contribution in [1.29, 1.82) is 0 Å². The van der Waals surface area contributed by atoms with Crippen LogP contribution in [0.4, 0.5) is 0 Å². The first-order valence-corrected chi connectivity index (χ1v) is 4.26. The van der Waals surface area contributed by atoms with Crippen molar-refractivity contribution in [3.05, 3.63) is 0 Å². The molecule has 3 N–H and O–H groups in total. The largest absolute Gasteiger partial charge is 0.479 e. The van der Waals surface area contributed by atoms with Crippen molar-refractivity contribution < 1.29 is 29.6 Å². The molecule has 1 rings (SSSR count). The maximum atomic E-state index is 10.7. The summed E-state index contributed by atoms with van der Waals surface area (Å²) in [6, 6.07) is 0. The number of methoxy groups -OCH3 is 1. The molecular formula is C8H14O6. The van der Waals surface area contributed by atoms with Gasteiger partial charge in [0, 0.05) is 7.11 Å². The van der Waals surface area contributed by atoms with Crippen molar-refractivity contribution in [3.8, 4) is 0 Å². The first-order chi connectivity index (χ1) is 6.49. The van der Waals surface area contributed by atoms with Crippen LogP contribution in [0.2, 0.25) is 0 Å². The van der Waals surface area contributed by atoms with Gasteiger partial charge in [-0.25, -0.2) is 4.79 Å². The maximum absolute atomic E-state index is 10.7. The summed E-state index contributed by atoms with van der Waals surface area (Å²) in [6.45, 7) is 1.53. The van der Waals surface area contributed by atoms with Gasteiger partial charge in [-0.05, 0) is 6.92 Å². The molecule has 14 heavy (non-hydrogen) atoms. The van der Waals surface area contributed by atoms with Gasteiger partial charge in [0.2, 0.25) is 0 Å². The molecule has 0 aliphatic carbocycles. The highest BCUT2D eigenvalue weighted by Gasteiger charge is 2.46. The number of carboxylic acid groups (broad SMARTS) is 1. The Hall–Kier alpha value is -0.690. The summed E-state index contributed by atoms with van der Waals surface area (Å²) in [5.74, 6) is -1.27. The summed E-state index contributed by atoms with van der Waals surface area (Å²) < 4.78 is 9.75. The molecule has 1 heterocycles. The molecule has 0 spiro atoms. The normalized spacial score (nSPS) is 43.6. The summed E-state index contributed by atoms with van der Waals surface area (Å²) in [4.78, 5) is 10.7. The van der Waals surface area contributed by atoms with Crippen LogP contribution in [-0.2, 0) is 14.3 Å². The highest BCUT2D eigenvalue weighted by atomic mass is 16.6. The quantitative estimate of drug-likeness (QED) is 0.514. The van der Waals surface area contributed by atoms with E-state index in [1.54, 1.807) is 0 Å². The lowest BCUT2D eigenvalue weighted by molar-refractivity contribution is -0.229. The van der Waals surface area contributed by atoms with E-state index in [1.807, 2.05) is 0 Å². The van der Waals surface area contributed by atoms with Gasteiger partial charge in [0.25, 0.3) is 0 Å².